The van der Waals surface area contributed by atoms with E-state index in [1.807, 2.05) is 25.7 Å². The van der Waals surface area contributed by atoms with Crippen LogP contribution in [0.5, 0.6) is 0 Å². The van der Waals surface area contributed by atoms with Crippen molar-refractivity contribution in [3.8, 4) is 0 Å². The third kappa shape index (κ3) is 3.48. The molecule has 1 aromatic heterocycles. The van der Waals surface area contributed by atoms with Crippen molar-refractivity contribution in [1.29, 1.82) is 0 Å². The monoisotopic (exact) mass is 361 g/mol. The second-order valence-electron chi connectivity index (χ2n) is 7.82. The minimum absolute atomic E-state index is 0.0909. The van der Waals surface area contributed by atoms with Crippen molar-refractivity contribution in [1.82, 2.24) is 24.6 Å². The Labute approximate surface area is 155 Å². The fraction of sp³-hybridized carbons (Fsp3) is 0.789. The van der Waals surface area contributed by atoms with Gasteiger partial charge in [0.1, 0.15) is 18.2 Å². The number of hydrogen-bond acceptors (Lipinski definition) is 4. The molecule has 0 aromatic carbocycles. The van der Waals surface area contributed by atoms with E-state index < -0.39 is 0 Å². The largest absolute Gasteiger partial charge is 0.338 e. The third-order valence-electron chi connectivity index (χ3n) is 6.10. The highest BCUT2D eigenvalue weighted by Crippen LogP contribution is 2.43. The van der Waals surface area contributed by atoms with E-state index in [-0.39, 0.29) is 29.9 Å². The van der Waals surface area contributed by atoms with Crippen molar-refractivity contribution in [2.45, 2.75) is 84.3 Å². The molecule has 0 N–H and O–H groups in total. The van der Waals surface area contributed by atoms with Crippen LogP contribution in [-0.2, 0) is 16.1 Å². The van der Waals surface area contributed by atoms with Gasteiger partial charge >= 0.3 is 0 Å². The SMILES string of the molecule is CCN(C(C)=O)[C@H]1CN(C(=O)Cn2nc(C)nc2C)C2(CCCCC2)C1. The average molecular weight is 361 g/mol. The minimum Gasteiger partial charge on any atom is -0.338 e. The third-order valence-corrected chi connectivity index (χ3v) is 6.10. The van der Waals surface area contributed by atoms with Gasteiger partial charge in [0.15, 0.2) is 0 Å². The molecule has 7 nitrogen and oxygen atoms in total. The van der Waals surface area contributed by atoms with E-state index in [0.717, 1.165) is 37.9 Å². The standard InChI is InChI=1S/C19H31N5O2/c1-5-22(16(4)25)17-11-19(9-7-6-8-10-19)23(12-17)18(26)13-24-15(3)20-14(2)21-24/h17H,5-13H2,1-4H3/t17-/m1/s1. The summed E-state index contributed by atoms with van der Waals surface area (Å²) in [6.45, 7) is 8.93. The first-order chi connectivity index (χ1) is 12.4. The van der Waals surface area contributed by atoms with E-state index in [9.17, 15) is 9.59 Å². The Morgan fingerprint density at radius 3 is 2.46 bits per heavy atom. The average Bonchev–Trinajstić information content (AvgIpc) is 3.09. The summed E-state index contributed by atoms with van der Waals surface area (Å²) in [4.78, 5) is 33.6. The Morgan fingerprint density at radius 1 is 1.23 bits per heavy atom. The number of hydrogen-bond donors (Lipinski definition) is 0. The summed E-state index contributed by atoms with van der Waals surface area (Å²) in [6, 6.07) is 0.123. The summed E-state index contributed by atoms with van der Waals surface area (Å²) in [5, 5.41) is 4.35. The van der Waals surface area contributed by atoms with Crippen molar-refractivity contribution in [2.24, 2.45) is 0 Å². The van der Waals surface area contributed by atoms with Gasteiger partial charge in [0.25, 0.3) is 0 Å². The number of nitrogens with zero attached hydrogens (tertiary/aromatic N) is 5. The van der Waals surface area contributed by atoms with Crippen molar-refractivity contribution in [3.63, 3.8) is 0 Å². The summed E-state index contributed by atoms with van der Waals surface area (Å²) < 4.78 is 1.70. The number of aromatic nitrogens is 3. The lowest BCUT2D eigenvalue weighted by Crippen LogP contribution is -2.49. The molecule has 0 radical (unpaired) electrons. The number of amides is 2. The molecule has 1 aliphatic heterocycles. The van der Waals surface area contributed by atoms with Crippen LogP contribution in [0.4, 0.5) is 0 Å². The zero-order valence-corrected chi connectivity index (χ0v) is 16.5. The van der Waals surface area contributed by atoms with Crippen LogP contribution in [0.25, 0.3) is 0 Å². The molecule has 1 saturated heterocycles. The molecule has 2 amide bonds. The van der Waals surface area contributed by atoms with E-state index >= 15 is 0 Å². The quantitative estimate of drug-likeness (QED) is 0.823. The van der Waals surface area contributed by atoms with E-state index in [1.165, 1.54) is 6.42 Å². The summed E-state index contributed by atoms with van der Waals surface area (Å²) in [7, 11) is 0. The van der Waals surface area contributed by atoms with E-state index in [0.29, 0.717) is 18.9 Å². The van der Waals surface area contributed by atoms with Gasteiger partial charge in [-0.3, -0.25) is 9.59 Å². The highest BCUT2D eigenvalue weighted by atomic mass is 16.2. The van der Waals surface area contributed by atoms with Gasteiger partial charge in [0, 0.05) is 25.6 Å². The van der Waals surface area contributed by atoms with Gasteiger partial charge in [-0.15, -0.1) is 0 Å². The van der Waals surface area contributed by atoms with Crippen molar-refractivity contribution >= 4 is 11.8 Å². The molecule has 1 spiro atoms. The van der Waals surface area contributed by atoms with Crippen molar-refractivity contribution in [3.05, 3.63) is 11.6 Å². The Balaban J connectivity index is 1.83. The van der Waals surface area contributed by atoms with Gasteiger partial charge in [-0.1, -0.05) is 19.3 Å². The number of rotatable bonds is 4. The fourth-order valence-electron chi connectivity index (χ4n) is 4.94. The van der Waals surface area contributed by atoms with Crippen LogP contribution in [0.2, 0.25) is 0 Å². The van der Waals surface area contributed by atoms with Crippen molar-refractivity contribution < 1.29 is 9.59 Å². The smallest absolute Gasteiger partial charge is 0.244 e. The first-order valence-corrected chi connectivity index (χ1v) is 9.82. The first-order valence-electron chi connectivity index (χ1n) is 9.82. The van der Waals surface area contributed by atoms with Crippen LogP contribution >= 0.6 is 0 Å². The lowest BCUT2D eigenvalue weighted by molar-refractivity contribution is -0.138. The maximum atomic E-state index is 13.2. The second-order valence-corrected chi connectivity index (χ2v) is 7.82. The molecular formula is C19H31N5O2. The van der Waals surface area contributed by atoms with Gasteiger partial charge in [-0.25, -0.2) is 9.67 Å². The highest BCUT2D eigenvalue weighted by molar-refractivity contribution is 5.78. The normalized spacial score (nSPS) is 22.0. The minimum atomic E-state index is -0.0909. The fourth-order valence-corrected chi connectivity index (χ4v) is 4.94. The van der Waals surface area contributed by atoms with Crippen molar-refractivity contribution in [2.75, 3.05) is 13.1 Å². The van der Waals surface area contributed by atoms with Gasteiger partial charge in [-0.2, -0.15) is 5.10 Å². The topological polar surface area (TPSA) is 71.3 Å². The molecule has 2 heterocycles. The summed E-state index contributed by atoms with van der Waals surface area (Å²) in [5.41, 5.74) is -0.0909. The number of carbonyl (C=O) groups is 2. The number of aryl methyl sites for hydroxylation is 2. The lowest BCUT2D eigenvalue weighted by Gasteiger charge is -2.41. The van der Waals surface area contributed by atoms with Gasteiger partial charge in [0.05, 0.1) is 6.04 Å². The molecule has 1 aromatic rings. The van der Waals surface area contributed by atoms with Crippen LogP contribution in [-0.4, -0.2) is 61.0 Å². The molecule has 0 bridgehead atoms. The molecule has 1 aliphatic carbocycles. The molecule has 144 valence electrons. The molecular weight excluding hydrogens is 330 g/mol. The molecule has 2 fully saturated rings. The Hall–Kier alpha value is -1.92. The number of carbonyl (C=O) groups excluding carboxylic acids is 2. The van der Waals surface area contributed by atoms with E-state index in [4.69, 9.17) is 0 Å². The van der Waals surface area contributed by atoms with Crippen LogP contribution < -0.4 is 0 Å². The summed E-state index contributed by atoms with van der Waals surface area (Å²) in [5.74, 6) is 1.65. The molecule has 2 aliphatic rings. The molecule has 1 atom stereocenters. The zero-order chi connectivity index (χ0) is 18.9. The van der Waals surface area contributed by atoms with E-state index in [1.54, 1.807) is 11.6 Å². The lowest BCUT2D eigenvalue weighted by atomic mass is 9.79. The highest BCUT2D eigenvalue weighted by Gasteiger charge is 2.49. The van der Waals surface area contributed by atoms with Gasteiger partial charge < -0.3 is 9.80 Å². The number of likely N-dealkylation sites (tertiary alicyclic amines) is 1. The molecule has 7 heteroatoms. The Bertz CT molecular complexity index is 677. The first kappa shape index (κ1) is 18.9. The van der Waals surface area contributed by atoms with Crippen LogP contribution in [0.15, 0.2) is 0 Å². The summed E-state index contributed by atoms with van der Waals surface area (Å²) in [6.07, 6.45) is 6.54. The zero-order valence-electron chi connectivity index (χ0n) is 16.5. The van der Waals surface area contributed by atoms with Gasteiger partial charge in [-0.05, 0) is 40.0 Å². The number of likely N-dealkylation sites (N-methyl/N-ethyl adjacent to an activating group) is 1. The maximum absolute atomic E-state index is 13.2. The predicted molar refractivity (Wildman–Crippen MR) is 98.5 cm³/mol. The molecule has 0 unspecified atom stereocenters. The maximum Gasteiger partial charge on any atom is 0.244 e. The Kier molecular flexibility index (Phi) is 5.34. The van der Waals surface area contributed by atoms with Crippen LogP contribution in [0, 0.1) is 13.8 Å². The van der Waals surface area contributed by atoms with Gasteiger partial charge in [0.2, 0.25) is 11.8 Å². The summed E-state index contributed by atoms with van der Waals surface area (Å²) >= 11 is 0. The Morgan fingerprint density at radius 2 is 1.92 bits per heavy atom. The molecule has 26 heavy (non-hydrogen) atoms. The molecule has 3 rings (SSSR count). The van der Waals surface area contributed by atoms with Crippen LogP contribution in [0.3, 0.4) is 0 Å². The second kappa shape index (κ2) is 7.37. The molecule has 1 saturated carbocycles. The predicted octanol–water partition coefficient (Wildman–Crippen LogP) is 2.07. The van der Waals surface area contributed by atoms with Crippen LogP contribution in [0.1, 0.15) is 64.0 Å². The van der Waals surface area contributed by atoms with E-state index in [2.05, 4.69) is 15.0 Å².